The van der Waals surface area contributed by atoms with Gasteiger partial charge in [-0.25, -0.2) is 9.97 Å². The van der Waals surface area contributed by atoms with Crippen LogP contribution in [0.25, 0.3) is 0 Å². The second-order valence-corrected chi connectivity index (χ2v) is 9.22. The van der Waals surface area contributed by atoms with Gasteiger partial charge in [-0.1, -0.05) is 20.8 Å². The summed E-state index contributed by atoms with van der Waals surface area (Å²) in [4.78, 5) is 23.9. The normalized spacial score (nSPS) is 23.8. The number of nitrogens with one attached hydrogen (secondary N) is 1. The third-order valence-electron chi connectivity index (χ3n) is 5.35. The van der Waals surface area contributed by atoms with Gasteiger partial charge in [0.05, 0.1) is 25.0 Å². The summed E-state index contributed by atoms with van der Waals surface area (Å²) in [5.74, 6) is 2.91. The molecule has 3 rings (SSSR count). The highest BCUT2D eigenvalue weighted by Gasteiger charge is 2.56. The van der Waals surface area contributed by atoms with E-state index in [1.165, 1.54) is 0 Å². The first-order valence-corrected chi connectivity index (χ1v) is 10.2. The lowest BCUT2D eigenvalue weighted by Gasteiger charge is -2.25. The maximum Gasteiger partial charge on any atom is 0.222 e. The number of carbonyl (C=O) groups is 1. The van der Waals surface area contributed by atoms with E-state index in [9.17, 15) is 4.79 Å². The lowest BCUT2D eigenvalue weighted by atomic mass is 9.95. The Hall–Kier alpha value is -1.73. The monoisotopic (exact) mass is 390 g/mol. The average molecular weight is 391 g/mol. The quantitative estimate of drug-likeness (QED) is 0.734. The van der Waals surface area contributed by atoms with E-state index >= 15 is 0 Å². The molecule has 1 saturated carbocycles. The molecule has 2 heterocycles. The SMILES string of the molecule is COCc1cc(N2C[C@@H]3C(NC(=O)CCOC(C)C)[C@@H]3C2)nc(C(C)(C)C)n1. The average Bonchev–Trinajstić information content (AvgIpc) is 3.02. The number of hydrogen-bond donors (Lipinski definition) is 1. The molecule has 0 aromatic carbocycles. The minimum atomic E-state index is -0.115. The Labute approximate surface area is 168 Å². The van der Waals surface area contributed by atoms with Crippen molar-refractivity contribution in [3.05, 3.63) is 17.6 Å². The Kier molecular flexibility index (Phi) is 6.25. The van der Waals surface area contributed by atoms with Gasteiger partial charge < -0.3 is 19.7 Å². The highest BCUT2D eigenvalue weighted by atomic mass is 16.5. The first-order valence-electron chi connectivity index (χ1n) is 10.2. The number of anilines is 1. The van der Waals surface area contributed by atoms with Gasteiger partial charge in [-0.05, 0) is 13.8 Å². The van der Waals surface area contributed by atoms with E-state index in [2.05, 4.69) is 36.0 Å². The van der Waals surface area contributed by atoms with Crippen molar-refractivity contribution in [2.24, 2.45) is 11.8 Å². The molecule has 0 radical (unpaired) electrons. The first kappa shape index (κ1) is 21.0. The zero-order valence-electron chi connectivity index (χ0n) is 18.0. The Morgan fingerprint density at radius 3 is 2.54 bits per heavy atom. The Balaban J connectivity index is 1.56. The number of hydrogen-bond acceptors (Lipinski definition) is 6. The zero-order valence-corrected chi connectivity index (χ0v) is 18.0. The van der Waals surface area contributed by atoms with E-state index < -0.39 is 0 Å². The van der Waals surface area contributed by atoms with Crippen LogP contribution in [0.2, 0.25) is 0 Å². The van der Waals surface area contributed by atoms with Gasteiger partial charge in [0.2, 0.25) is 5.91 Å². The molecule has 1 unspecified atom stereocenters. The minimum absolute atomic E-state index is 0.0889. The van der Waals surface area contributed by atoms with Gasteiger partial charge in [0.25, 0.3) is 0 Å². The van der Waals surface area contributed by atoms with Crippen LogP contribution in [0.3, 0.4) is 0 Å². The second kappa shape index (κ2) is 8.33. The summed E-state index contributed by atoms with van der Waals surface area (Å²) in [5, 5.41) is 3.17. The topological polar surface area (TPSA) is 76.6 Å². The van der Waals surface area contributed by atoms with Crippen LogP contribution in [-0.4, -0.2) is 54.8 Å². The second-order valence-electron chi connectivity index (χ2n) is 9.22. The number of nitrogens with zero attached hydrogens (tertiary/aromatic N) is 3. The van der Waals surface area contributed by atoms with Gasteiger partial charge in [0, 0.05) is 56.0 Å². The van der Waals surface area contributed by atoms with Gasteiger partial charge in [-0.3, -0.25) is 4.79 Å². The summed E-state index contributed by atoms with van der Waals surface area (Å²) in [6.07, 6.45) is 0.592. The van der Waals surface area contributed by atoms with Crippen molar-refractivity contribution in [3.63, 3.8) is 0 Å². The van der Waals surface area contributed by atoms with Gasteiger partial charge >= 0.3 is 0 Å². The molecule has 2 fully saturated rings. The number of fused-ring (bicyclic) bond motifs is 1. The molecule has 7 nitrogen and oxygen atoms in total. The van der Waals surface area contributed by atoms with Crippen molar-refractivity contribution in [2.75, 3.05) is 31.7 Å². The fraction of sp³-hybridized carbons (Fsp3) is 0.762. The van der Waals surface area contributed by atoms with E-state index in [1.807, 2.05) is 19.9 Å². The third kappa shape index (κ3) is 5.00. The molecule has 1 amide bonds. The van der Waals surface area contributed by atoms with E-state index in [-0.39, 0.29) is 17.4 Å². The van der Waals surface area contributed by atoms with Gasteiger partial charge in [-0.2, -0.15) is 0 Å². The maximum atomic E-state index is 12.1. The predicted molar refractivity (Wildman–Crippen MR) is 108 cm³/mol. The van der Waals surface area contributed by atoms with Crippen molar-refractivity contribution in [1.82, 2.24) is 15.3 Å². The number of aromatic nitrogens is 2. The summed E-state index contributed by atoms with van der Waals surface area (Å²) in [6, 6.07) is 2.32. The number of methoxy groups -OCH3 is 1. The molecule has 1 aliphatic heterocycles. The molecule has 1 aliphatic carbocycles. The summed E-state index contributed by atoms with van der Waals surface area (Å²) in [7, 11) is 1.68. The Morgan fingerprint density at radius 1 is 1.29 bits per heavy atom. The standard InChI is InChI=1S/C21H34N4O3/c1-13(2)28-8-7-18(26)24-19-15-10-25(11-16(15)19)17-9-14(12-27-6)22-20(23-17)21(3,4)5/h9,13,15-16,19H,7-8,10-12H2,1-6H3,(H,24,26)/t15-,16+,19?. The van der Waals surface area contributed by atoms with Gasteiger partial charge in [0.1, 0.15) is 11.6 Å². The summed E-state index contributed by atoms with van der Waals surface area (Å²) >= 11 is 0. The molecule has 1 saturated heterocycles. The number of carbonyl (C=O) groups excluding carboxylic acids is 1. The molecule has 1 aromatic rings. The largest absolute Gasteiger partial charge is 0.378 e. The molecule has 3 atom stereocenters. The smallest absolute Gasteiger partial charge is 0.222 e. The number of rotatable bonds is 8. The van der Waals surface area contributed by atoms with Crippen molar-refractivity contribution < 1.29 is 14.3 Å². The molecule has 1 aromatic heterocycles. The van der Waals surface area contributed by atoms with E-state index in [4.69, 9.17) is 14.5 Å². The van der Waals surface area contributed by atoms with Gasteiger partial charge in [0.15, 0.2) is 0 Å². The molecule has 2 aliphatic rings. The number of amides is 1. The Morgan fingerprint density at radius 2 is 1.96 bits per heavy atom. The van der Waals surface area contributed by atoms with Crippen molar-refractivity contribution in [3.8, 4) is 0 Å². The molecule has 7 heteroatoms. The highest BCUT2D eigenvalue weighted by molar-refractivity contribution is 5.77. The molecule has 0 bridgehead atoms. The molecular formula is C21H34N4O3. The molecular weight excluding hydrogens is 356 g/mol. The first-order chi connectivity index (χ1) is 13.2. The lowest BCUT2D eigenvalue weighted by Crippen LogP contribution is -2.35. The van der Waals surface area contributed by atoms with Crippen LogP contribution < -0.4 is 10.2 Å². The van der Waals surface area contributed by atoms with Crippen molar-refractivity contribution >= 4 is 11.7 Å². The maximum absolute atomic E-state index is 12.1. The highest BCUT2D eigenvalue weighted by Crippen LogP contribution is 2.46. The molecule has 156 valence electrons. The van der Waals surface area contributed by atoms with Crippen LogP contribution in [0.5, 0.6) is 0 Å². The summed E-state index contributed by atoms with van der Waals surface area (Å²) in [6.45, 7) is 13.1. The fourth-order valence-corrected chi connectivity index (χ4v) is 3.78. The van der Waals surface area contributed by atoms with Crippen LogP contribution >= 0.6 is 0 Å². The van der Waals surface area contributed by atoms with Crippen molar-refractivity contribution in [1.29, 1.82) is 0 Å². The van der Waals surface area contributed by atoms with E-state index in [1.54, 1.807) is 7.11 Å². The number of piperidine rings is 1. The molecule has 0 spiro atoms. The van der Waals surface area contributed by atoms with E-state index in [0.717, 1.165) is 30.4 Å². The third-order valence-corrected chi connectivity index (χ3v) is 5.35. The Bertz CT molecular complexity index is 689. The lowest BCUT2D eigenvalue weighted by molar-refractivity contribution is -0.122. The minimum Gasteiger partial charge on any atom is -0.378 e. The zero-order chi connectivity index (χ0) is 20.5. The van der Waals surface area contributed by atoms with E-state index in [0.29, 0.717) is 37.5 Å². The van der Waals surface area contributed by atoms with Crippen LogP contribution in [0.15, 0.2) is 6.07 Å². The van der Waals surface area contributed by atoms with Crippen LogP contribution in [0.1, 0.15) is 52.6 Å². The fourth-order valence-electron chi connectivity index (χ4n) is 3.78. The summed E-state index contributed by atoms with van der Waals surface area (Å²) < 4.78 is 10.7. The van der Waals surface area contributed by atoms with Crippen molar-refractivity contribution in [2.45, 2.75) is 65.2 Å². The molecule has 28 heavy (non-hydrogen) atoms. The molecule has 1 N–H and O–H groups in total. The predicted octanol–water partition coefficient (Wildman–Crippen LogP) is 2.29. The van der Waals surface area contributed by atoms with Gasteiger partial charge in [-0.15, -0.1) is 0 Å². The van der Waals surface area contributed by atoms with Crippen LogP contribution in [-0.2, 0) is 26.3 Å². The number of ether oxygens (including phenoxy) is 2. The van der Waals surface area contributed by atoms with Crippen LogP contribution in [0.4, 0.5) is 5.82 Å². The van der Waals surface area contributed by atoms with Crippen LogP contribution in [0, 0.1) is 11.8 Å². The summed E-state index contributed by atoms with van der Waals surface area (Å²) in [5.41, 5.74) is 0.795.